The highest BCUT2D eigenvalue weighted by molar-refractivity contribution is 5.27. The van der Waals surface area contributed by atoms with E-state index < -0.39 is 0 Å². The maximum Gasteiger partial charge on any atom is 0.0669 e. The third-order valence-electron chi connectivity index (χ3n) is 4.00. The van der Waals surface area contributed by atoms with Gasteiger partial charge in [-0.2, -0.15) is 5.10 Å². The highest BCUT2D eigenvalue weighted by atomic mass is 15.3. The Kier molecular flexibility index (Phi) is 4.21. The maximum atomic E-state index is 5.89. The van der Waals surface area contributed by atoms with Crippen LogP contribution in [0.5, 0.6) is 0 Å². The van der Waals surface area contributed by atoms with Gasteiger partial charge in [0.2, 0.25) is 0 Å². The molecule has 1 aromatic heterocycles. The zero-order chi connectivity index (χ0) is 12.3. The van der Waals surface area contributed by atoms with E-state index in [1.54, 1.807) is 0 Å². The van der Waals surface area contributed by atoms with E-state index in [0.717, 1.165) is 12.8 Å². The van der Waals surface area contributed by atoms with E-state index in [9.17, 15) is 0 Å². The van der Waals surface area contributed by atoms with Gasteiger partial charge in [0.25, 0.3) is 0 Å². The first kappa shape index (κ1) is 12.6. The number of aromatic nitrogens is 2. The molecule has 0 radical (unpaired) electrons. The molecule has 0 aromatic carbocycles. The normalized spacial score (nSPS) is 17.6. The van der Waals surface area contributed by atoms with Gasteiger partial charge in [0, 0.05) is 17.8 Å². The maximum absolute atomic E-state index is 5.89. The summed E-state index contributed by atoms with van der Waals surface area (Å²) in [5, 5.41) is 4.83. The molecular formula is C14H25N3. The summed E-state index contributed by atoms with van der Waals surface area (Å²) in [4.78, 5) is 0. The average Bonchev–Trinajstić information content (AvgIpc) is 2.77. The van der Waals surface area contributed by atoms with Crippen molar-refractivity contribution in [1.29, 1.82) is 0 Å². The van der Waals surface area contributed by atoms with Crippen LogP contribution in [0.3, 0.4) is 0 Å². The molecule has 1 saturated carbocycles. The van der Waals surface area contributed by atoms with E-state index in [1.807, 2.05) is 0 Å². The monoisotopic (exact) mass is 235 g/mol. The molecular weight excluding hydrogens is 210 g/mol. The zero-order valence-corrected chi connectivity index (χ0v) is 11.2. The SMILES string of the molecule is CCc1nn(C2CCCCC2)c(CC)c1CN. The Hall–Kier alpha value is -0.830. The van der Waals surface area contributed by atoms with Crippen molar-refractivity contribution in [3.05, 3.63) is 17.0 Å². The molecule has 0 atom stereocenters. The van der Waals surface area contributed by atoms with Crippen LogP contribution in [-0.2, 0) is 19.4 Å². The van der Waals surface area contributed by atoms with Crippen LogP contribution >= 0.6 is 0 Å². The summed E-state index contributed by atoms with van der Waals surface area (Å²) in [7, 11) is 0. The van der Waals surface area contributed by atoms with Gasteiger partial charge in [-0.25, -0.2) is 0 Å². The smallest absolute Gasteiger partial charge is 0.0669 e. The van der Waals surface area contributed by atoms with E-state index in [2.05, 4.69) is 18.5 Å². The summed E-state index contributed by atoms with van der Waals surface area (Å²) < 4.78 is 2.31. The zero-order valence-electron chi connectivity index (χ0n) is 11.2. The third-order valence-corrected chi connectivity index (χ3v) is 4.00. The van der Waals surface area contributed by atoms with Crippen molar-refractivity contribution in [2.45, 2.75) is 71.4 Å². The summed E-state index contributed by atoms with van der Waals surface area (Å²) in [6, 6.07) is 0.629. The number of aryl methyl sites for hydroxylation is 1. The lowest BCUT2D eigenvalue weighted by molar-refractivity contribution is 0.321. The Morgan fingerprint density at radius 3 is 2.41 bits per heavy atom. The molecule has 0 amide bonds. The van der Waals surface area contributed by atoms with Crippen LogP contribution in [-0.4, -0.2) is 9.78 Å². The number of nitrogens with two attached hydrogens (primary N) is 1. The van der Waals surface area contributed by atoms with Crippen molar-refractivity contribution in [2.24, 2.45) is 5.73 Å². The number of rotatable bonds is 4. The Balaban J connectivity index is 2.34. The molecule has 17 heavy (non-hydrogen) atoms. The molecule has 1 fully saturated rings. The first-order valence-electron chi connectivity index (χ1n) is 7.11. The van der Waals surface area contributed by atoms with E-state index in [1.165, 1.54) is 49.1 Å². The lowest BCUT2D eigenvalue weighted by Crippen LogP contribution is -2.17. The van der Waals surface area contributed by atoms with Gasteiger partial charge in [-0.1, -0.05) is 33.1 Å². The number of nitrogens with zero attached hydrogens (tertiary/aromatic N) is 2. The molecule has 2 rings (SSSR count). The van der Waals surface area contributed by atoms with Gasteiger partial charge < -0.3 is 5.73 Å². The molecule has 1 aliphatic carbocycles. The topological polar surface area (TPSA) is 43.8 Å². The average molecular weight is 235 g/mol. The molecule has 96 valence electrons. The first-order valence-corrected chi connectivity index (χ1v) is 7.11. The van der Waals surface area contributed by atoms with Crippen LogP contribution in [0.2, 0.25) is 0 Å². The van der Waals surface area contributed by atoms with Crippen molar-refractivity contribution in [3.8, 4) is 0 Å². The lowest BCUT2D eigenvalue weighted by Gasteiger charge is -2.24. The van der Waals surface area contributed by atoms with Gasteiger partial charge in [-0.05, 0) is 25.7 Å². The second-order valence-corrected chi connectivity index (χ2v) is 5.02. The summed E-state index contributed by atoms with van der Waals surface area (Å²) >= 11 is 0. The predicted octanol–water partition coefficient (Wildman–Crippen LogP) is 2.97. The van der Waals surface area contributed by atoms with Gasteiger partial charge in [-0.3, -0.25) is 4.68 Å². The predicted molar refractivity (Wildman–Crippen MR) is 71.0 cm³/mol. The van der Waals surface area contributed by atoms with Crippen LogP contribution in [0.1, 0.15) is 68.9 Å². The standard InChI is InChI=1S/C14H25N3/c1-3-13-12(10-15)14(4-2)17(16-13)11-8-6-5-7-9-11/h11H,3-10,15H2,1-2H3. The van der Waals surface area contributed by atoms with Gasteiger partial charge in [-0.15, -0.1) is 0 Å². The summed E-state index contributed by atoms with van der Waals surface area (Å²) in [5.74, 6) is 0. The van der Waals surface area contributed by atoms with Gasteiger partial charge in [0.1, 0.15) is 0 Å². The molecule has 1 aromatic rings. The van der Waals surface area contributed by atoms with Crippen LogP contribution in [0.15, 0.2) is 0 Å². The Labute approximate surface area is 104 Å². The molecule has 0 unspecified atom stereocenters. The fourth-order valence-electron chi connectivity index (χ4n) is 3.08. The summed E-state index contributed by atoms with van der Waals surface area (Å²) in [6.07, 6.45) is 8.74. The summed E-state index contributed by atoms with van der Waals surface area (Å²) in [6.45, 7) is 5.03. The van der Waals surface area contributed by atoms with Crippen LogP contribution in [0.25, 0.3) is 0 Å². The molecule has 1 aliphatic rings. The largest absolute Gasteiger partial charge is 0.326 e. The Bertz CT molecular complexity index is 362. The van der Waals surface area contributed by atoms with Crippen molar-refractivity contribution in [1.82, 2.24) is 9.78 Å². The minimum atomic E-state index is 0.629. The molecule has 0 saturated heterocycles. The quantitative estimate of drug-likeness (QED) is 0.872. The van der Waals surface area contributed by atoms with E-state index in [4.69, 9.17) is 10.8 Å². The molecule has 0 spiro atoms. The highest BCUT2D eigenvalue weighted by Crippen LogP contribution is 2.30. The molecule has 3 nitrogen and oxygen atoms in total. The fraction of sp³-hybridized carbons (Fsp3) is 0.786. The molecule has 0 aliphatic heterocycles. The van der Waals surface area contributed by atoms with Gasteiger partial charge in [0.05, 0.1) is 11.7 Å². The van der Waals surface area contributed by atoms with Crippen LogP contribution in [0, 0.1) is 0 Å². The minimum absolute atomic E-state index is 0.629. The second kappa shape index (κ2) is 5.67. The Morgan fingerprint density at radius 2 is 1.88 bits per heavy atom. The van der Waals surface area contributed by atoms with Gasteiger partial charge in [0.15, 0.2) is 0 Å². The lowest BCUT2D eigenvalue weighted by atomic mass is 9.95. The molecule has 0 bridgehead atoms. The Morgan fingerprint density at radius 1 is 1.18 bits per heavy atom. The number of hydrogen-bond acceptors (Lipinski definition) is 2. The minimum Gasteiger partial charge on any atom is -0.326 e. The van der Waals surface area contributed by atoms with E-state index in [-0.39, 0.29) is 0 Å². The van der Waals surface area contributed by atoms with Crippen LogP contribution in [0.4, 0.5) is 0 Å². The fourth-order valence-corrected chi connectivity index (χ4v) is 3.08. The van der Waals surface area contributed by atoms with E-state index >= 15 is 0 Å². The molecule has 1 heterocycles. The van der Waals surface area contributed by atoms with E-state index in [0.29, 0.717) is 12.6 Å². The van der Waals surface area contributed by atoms with Crippen molar-refractivity contribution in [3.63, 3.8) is 0 Å². The first-order chi connectivity index (χ1) is 8.31. The van der Waals surface area contributed by atoms with Gasteiger partial charge >= 0.3 is 0 Å². The highest BCUT2D eigenvalue weighted by Gasteiger charge is 2.22. The third kappa shape index (κ3) is 2.39. The second-order valence-electron chi connectivity index (χ2n) is 5.02. The molecule has 2 N–H and O–H groups in total. The van der Waals surface area contributed by atoms with Crippen molar-refractivity contribution < 1.29 is 0 Å². The van der Waals surface area contributed by atoms with Crippen molar-refractivity contribution in [2.75, 3.05) is 0 Å². The van der Waals surface area contributed by atoms with Crippen LogP contribution < -0.4 is 5.73 Å². The number of hydrogen-bond donors (Lipinski definition) is 1. The molecule has 3 heteroatoms. The summed E-state index contributed by atoms with van der Waals surface area (Å²) in [5.41, 5.74) is 9.80. The van der Waals surface area contributed by atoms with Crippen molar-refractivity contribution >= 4 is 0 Å².